The number of rotatable bonds is 14. The van der Waals surface area contributed by atoms with Gasteiger partial charge in [-0.3, -0.25) is 28.8 Å². The fourth-order valence-electron chi connectivity index (χ4n) is 6.78. The average Bonchev–Trinajstić information content (AvgIpc) is 3.91. The molecule has 326 valence electrons. The van der Waals surface area contributed by atoms with Gasteiger partial charge in [-0.15, -0.1) is 0 Å². The van der Waals surface area contributed by atoms with Crippen molar-refractivity contribution >= 4 is 40.7 Å². The molecule has 3 rings (SSSR count). The highest BCUT2D eigenvalue weighted by Gasteiger charge is 2.51. The first-order chi connectivity index (χ1) is 26.9. The lowest BCUT2D eigenvalue weighted by molar-refractivity contribution is -0.174. The van der Waals surface area contributed by atoms with Gasteiger partial charge in [0.2, 0.25) is 11.8 Å². The minimum atomic E-state index is -5.03. The molecule has 59 heavy (non-hydrogen) atoms. The summed E-state index contributed by atoms with van der Waals surface area (Å²) in [6.45, 7) is 19.5. The predicted molar refractivity (Wildman–Crippen MR) is 220 cm³/mol. The summed E-state index contributed by atoms with van der Waals surface area (Å²) in [5, 5.41) is 5.00. The first-order valence-electron chi connectivity index (χ1n) is 19.4. The molecule has 1 aliphatic carbocycles. The van der Waals surface area contributed by atoms with E-state index in [0.717, 1.165) is 5.56 Å². The van der Waals surface area contributed by atoms with Crippen LogP contribution >= 0.6 is 0 Å². The number of ether oxygens (including phenoxy) is 1. The molecule has 0 heterocycles. The van der Waals surface area contributed by atoms with Gasteiger partial charge in [-0.1, -0.05) is 97.0 Å². The summed E-state index contributed by atoms with van der Waals surface area (Å²) in [5.41, 5.74) is -2.41. The van der Waals surface area contributed by atoms with Gasteiger partial charge in [0.05, 0.1) is 16.5 Å². The average molecular weight is 848 g/mol. The van der Waals surface area contributed by atoms with Gasteiger partial charge in [-0.25, -0.2) is 9.00 Å². The van der Waals surface area contributed by atoms with Crippen molar-refractivity contribution in [3.63, 3.8) is 0 Å². The van der Waals surface area contributed by atoms with E-state index in [2.05, 4.69) is 10.0 Å². The lowest BCUT2D eigenvalue weighted by Gasteiger charge is -2.42. The SMILES string of the molecule is C/C(=C\[C@H](C(C)C)N(C)C(=O)[C@@H](NC(=O)[C@@H](N(C)C(=O)OC(C)(C)C)C(C)(C)c1ccccc1)C(C)(C)C)C(=O)NS(=O)c1ccc(C2(NC(=O)C(F)(F)F)CC2)cc1. The van der Waals surface area contributed by atoms with Gasteiger partial charge in [0.1, 0.15) is 17.7 Å². The first kappa shape index (κ1) is 48.6. The molecule has 2 aromatic carbocycles. The van der Waals surface area contributed by atoms with Crippen LogP contribution in [0.1, 0.15) is 100 Å². The monoisotopic (exact) mass is 847 g/mol. The molecule has 12 nitrogen and oxygen atoms in total. The molecule has 1 unspecified atom stereocenters. The number of nitrogens with zero attached hydrogens (tertiary/aromatic N) is 2. The number of amides is 5. The maximum absolute atomic E-state index is 14.5. The van der Waals surface area contributed by atoms with Crippen molar-refractivity contribution in [3.8, 4) is 0 Å². The maximum atomic E-state index is 14.5. The molecule has 1 saturated carbocycles. The molecule has 5 amide bonds. The summed E-state index contributed by atoms with van der Waals surface area (Å²) < 4.78 is 59.9. The number of carbonyl (C=O) groups is 5. The van der Waals surface area contributed by atoms with E-state index in [9.17, 15) is 41.4 Å². The minimum absolute atomic E-state index is 0.153. The summed E-state index contributed by atoms with van der Waals surface area (Å²) in [5.74, 6) is -3.98. The Balaban J connectivity index is 1.84. The Morgan fingerprint density at radius 2 is 1.39 bits per heavy atom. The topological polar surface area (TPSA) is 154 Å². The van der Waals surface area contributed by atoms with Gasteiger partial charge in [0.25, 0.3) is 5.91 Å². The number of hydrogen-bond donors (Lipinski definition) is 3. The van der Waals surface area contributed by atoms with Gasteiger partial charge in [0.15, 0.2) is 11.0 Å². The predicted octanol–water partition coefficient (Wildman–Crippen LogP) is 6.67. The van der Waals surface area contributed by atoms with Crippen molar-refractivity contribution in [2.45, 2.75) is 135 Å². The first-order valence-corrected chi connectivity index (χ1v) is 20.6. The third-order valence-electron chi connectivity index (χ3n) is 10.3. The quantitative estimate of drug-likeness (QED) is 0.180. The molecule has 2 aromatic rings. The molecule has 0 aliphatic heterocycles. The molecule has 1 aliphatic rings. The maximum Gasteiger partial charge on any atom is 0.471 e. The van der Waals surface area contributed by atoms with Crippen molar-refractivity contribution in [1.29, 1.82) is 0 Å². The highest BCUT2D eigenvalue weighted by molar-refractivity contribution is 7.83. The van der Waals surface area contributed by atoms with Crippen LogP contribution in [0.2, 0.25) is 0 Å². The Bertz CT molecular complexity index is 1920. The van der Waals surface area contributed by atoms with Crippen molar-refractivity contribution in [3.05, 3.63) is 77.4 Å². The summed E-state index contributed by atoms with van der Waals surface area (Å²) in [6.07, 6.45) is -3.53. The van der Waals surface area contributed by atoms with Crippen molar-refractivity contribution in [1.82, 2.24) is 25.2 Å². The molecule has 0 aromatic heterocycles. The second kappa shape index (κ2) is 18.3. The Hall–Kier alpha value is -4.73. The molecular weight excluding hydrogens is 788 g/mol. The van der Waals surface area contributed by atoms with E-state index >= 15 is 0 Å². The fraction of sp³-hybridized carbons (Fsp3) is 0.558. The number of halogens is 3. The van der Waals surface area contributed by atoms with E-state index in [1.165, 1.54) is 48.0 Å². The van der Waals surface area contributed by atoms with E-state index in [1.54, 1.807) is 33.9 Å². The molecule has 4 atom stereocenters. The third kappa shape index (κ3) is 12.4. The second-order valence-corrected chi connectivity index (χ2v) is 19.4. The van der Waals surface area contributed by atoms with Crippen LogP contribution in [0.3, 0.4) is 0 Å². The molecule has 3 N–H and O–H groups in total. The number of alkyl halides is 3. The molecule has 0 saturated heterocycles. The summed E-state index contributed by atoms with van der Waals surface area (Å²) in [6, 6.07) is 12.1. The zero-order chi connectivity index (χ0) is 45.1. The number of likely N-dealkylation sites (N-methyl/N-ethyl adjacent to an activating group) is 2. The zero-order valence-corrected chi connectivity index (χ0v) is 37.1. The van der Waals surface area contributed by atoms with Crippen LogP contribution in [0.15, 0.2) is 71.1 Å². The van der Waals surface area contributed by atoms with E-state index < -0.39 is 87.0 Å². The summed E-state index contributed by atoms with van der Waals surface area (Å²) in [4.78, 5) is 70.2. The third-order valence-corrected chi connectivity index (χ3v) is 11.4. The molecule has 0 spiro atoms. The number of carbonyl (C=O) groups excluding carboxylic acids is 5. The standard InChI is InChI=1S/C43H60F3N5O7S/c1-26(2)31(25-27(3)34(52)49-59(57)30-21-19-29(20-22-30)42(23-24-42)48-37(55)43(44,45)46)50(12)36(54)32(39(4,5)6)47-35(53)33(51(13)38(56)58-40(7,8)9)41(10,11)28-17-15-14-16-18-28/h14-22,25-26,31-33H,23-24H2,1-13H3,(H,47,53)(H,48,55)(H,49,52)/b27-25+/t31-,32-,33-,59?/m1/s1. The van der Waals surface area contributed by atoms with Crippen LogP contribution in [-0.2, 0) is 45.9 Å². The highest BCUT2D eigenvalue weighted by Crippen LogP contribution is 2.46. The van der Waals surface area contributed by atoms with Gasteiger partial charge >= 0.3 is 18.2 Å². The van der Waals surface area contributed by atoms with Gasteiger partial charge in [-0.05, 0) is 75.1 Å². The van der Waals surface area contributed by atoms with Gasteiger partial charge in [0, 0.05) is 25.1 Å². The second-order valence-electron chi connectivity index (χ2n) is 18.2. The normalized spacial score (nSPS) is 16.5. The Kier molecular flexibility index (Phi) is 15.1. The Morgan fingerprint density at radius 3 is 1.85 bits per heavy atom. The summed E-state index contributed by atoms with van der Waals surface area (Å²) >= 11 is 0. The number of hydrogen-bond acceptors (Lipinski definition) is 7. The van der Waals surface area contributed by atoms with E-state index in [0.29, 0.717) is 18.4 Å². The molecule has 16 heteroatoms. The van der Waals surface area contributed by atoms with Crippen LogP contribution < -0.4 is 15.4 Å². The number of benzene rings is 2. The molecule has 1 fully saturated rings. The summed E-state index contributed by atoms with van der Waals surface area (Å²) in [7, 11) is 1.01. The van der Waals surface area contributed by atoms with E-state index in [4.69, 9.17) is 4.74 Å². The zero-order valence-electron chi connectivity index (χ0n) is 36.3. The van der Waals surface area contributed by atoms with Gasteiger partial charge in [-0.2, -0.15) is 13.2 Å². The highest BCUT2D eigenvalue weighted by atomic mass is 32.2. The lowest BCUT2D eigenvalue weighted by Crippen LogP contribution is -2.63. The lowest BCUT2D eigenvalue weighted by atomic mass is 9.76. The van der Waals surface area contributed by atoms with E-state index in [-0.39, 0.29) is 16.4 Å². The van der Waals surface area contributed by atoms with Crippen LogP contribution in [0.25, 0.3) is 0 Å². The van der Waals surface area contributed by atoms with Crippen LogP contribution in [0.5, 0.6) is 0 Å². The van der Waals surface area contributed by atoms with Crippen molar-refractivity contribution in [2.75, 3.05) is 14.1 Å². The largest absolute Gasteiger partial charge is 0.471 e. The Labute approximate surface area is 348 Å². The van der Waals surface area contributed by atoms with Crippen LogP contribution in [0, 0.1) is 11.3 Å². The molecular formula is C43H60F3N5O7S. The van der Waals surface area contributed by atoms with Gasteiger partial charge < -0.3 is 20.3 Å². The van der Waals surface area contributed by atoms with E-state index in [1.807, 2.05) is 84.1 Å². The van der Waals surface area contributed by atoms with Crippen LogP contribution in [0.4, 0.5) is 18.0 Å². The molecule has 0 radical (unpaired) electrons. The fourth-order valence-corrected chi connectivity index (χ4v) is 7.61. The Morgan fingerprint density at radius 1 is 0.847 bits per heavy atom. The number of nitrogens with one attached hydrogen (secondary N) is 3. The molecule has 0 bridgehead atoms. The smallest absolute Gasteiger partial charge is 0.444 e. The van der Waals surface area contributed by atoms with Crippen molar-refractivity contribution in [2.24, 2.45) is 11.3 Å². The van der Waals surface area contributed by atoms with Crippen LogP contribution in [-0.4, -0.2) is 87.7 Å². The van der Waals surface area contributed by atoms with Crippen molar-refractivity contribution < 1.29 is 46.1 Å². The minimum Gasteiger partial charge on any atom is -0.444 e.